The molecule has 1 aromatic heterocycles. The molecule has 6 heteroatoms. The summed E-state index contributed by atoms with van der Waals surface area (Å²) in [7, 11) is 0. The van der Waals surface area contributed by atoms with Gasteiger partial charge in [0.25, 0.3) is 0 Å². The molecule has 1 saturated heterocycles. The fourth-order valence-electron chi connectivity index (χ4n) is 3.69. The molecule has 0 saturated carbocycles. The Morgan fingerprint density at radius 1 is 1.21 bits per heavy atom. The zero-order chi connectivity index (χ0) is 20.1. The summed E-state index contributed by atoms with van der Waals surface area (Å²) in [6.07, 6.45) is 1.94. The summed E-state index contributed by atoms with van der Waals surface area (Å²) in [5.74, 6) is 1.74. The molecule has 0 radical (unpaired) electrons. The summed E-state index contributed by atoms with van der Waals surface area (Å²) in [5, 5.41) is 3.12. The highest BCUT2D eigenvalue weighted by Gasteiger charge is 2.25. The second-order valence-corrected chi connectivity index (χ2v) is 7.59. The van der Waals surface area contributed by atoms with Gasteiger partial charge in [-0.15, -0.1) is 0 Å². The summed E-state index contributed by atoms with van der Waals surface area (Å²) < 4.78 is 5.73. The fourth-order valence-corrected chi connectivity index (χ4v) is 3.69. The number of aromatic nitrogens is 1. The Hall–Kier alpha value is -2.18. The van der Waals surface area contributed by atoms with E-state index in [9.17, 15) is 4.79 Å². The molecule has 0 spiro atoms. The number of benzene rings is 1. The van der Waals surface area contributed by atoms with Gasteiger partial charge in [0, 0.05) is 25.3 Å². The van der Waals surface area contributed by atoms with Gasteiger partial charge in [0.05, 0.1) is 18.3 Å². The number of anilines is 1. The van der Waals surface area contributed by atoms with Crippen molar-refractivity contribution in [2.24, 2.45) is 0 Å². The molecule has 1 aliphatic heterocycles. The third-order valence-electron chi connectivity index (χ3n) is 5.64. The highest BCUT2D eigenvalue weighted by molar-refractivity contribution is 5.95. The van der Waals surface area contributed by atoms with Crippen molar-refractivity contribution >= 4 is 11.6 Å². The van der Waals surface area contributed by atoms with E-state index in [4.69, 9.17) is 4.42 Å². The predicted molar refractivity (Wildman–Crippen MR) is 111 cm³/mol. The maximum absolute atomic E-state index is 12.8. The maximum atomic E-state index is 12.8. The van der Waals surface area contributed by atoms with Gasteiger partial charge in [-0.2, -0.15) is 0 Å². The summed E-state index contributed by atoms with van der Waals surface area (Å²) in [6, 6.07) is 7.87. The zero-order valence-corrected chi connectivity index (χ0v) is 17.5. The third kappa shape index (κ3) is 5.00. The monoisotopic (exact) mass is 384 g/mol. The van der Waals surface area contributed by atoms with Gasteiger partial charge in [0.2, 0.25) is 11.8 Å². The maximum Gasteiger partial charge on any atom is 0.241 e. The number of carbonyl (C=O) groups is 1. The first-order valence-electron chi connectivity index (χ1n) is 10.3. The minimum absolute atomic E-state index is 0.0632. The van der Waals surface area contributed by atoms with Crippen LogP contribution in [-0.2, 0) is 17.8 Å². The number of oxazole rings is 1. The Kier molecular flexibility index (Phi) is 6.86. The van der Waals surface area contributed by atoms with E-state index in [2.05, 4.69) is 33.1 Å². The van der Waals surface area contributed by atoms with Crippen LogP contribution in [0.25, 0.3) is 0 Å². The van der Waals surface area contributed by atoms with Crippen LogP contribution in [0.15, 0.2) is 28.7 Å². The number of amides is 1. The predicted octanol–water partition coefficient (Wildman–Crippen LogP) is 3.39. The van der Waals surface area contributed by atoms with Gasteiger partial charge < -0.3 is 9.73 Å². The van der Waals surface area contributed by atoms with Gasteiger partial charge in [-0.25, -0.2) is 4.98 Å². The van der Waals surface area contributed by atoms with Gasteiger partial charge in [-0.05, 0) is 51.8 Å². The van der Waals surface area contributed by atoms with Crippen LogP contribution in [0.4, 0.5) is 5.69 Å². The average molecular weight is 385 g/mol. The lowest BCUT2D eigenvalue weighted by Crippen LogP contribution is -2.44. The van der Waals surface area contributed by atoms with E-state index in [0.717, 1.165) is 68.6 Å². The zero-order valence-electron chi connectivity index (χ0n) is 17.5. The molecule has 2 heterocycles. The minimum atomic E-state index is -0.156. The van der Waals surface area contributed by atoms with Crippen molar-refractivity contribution in [2.45, 2.75) is 53.1 Å². The number of hydrogen-bond donors (Lipinski definition) is 1. The van der Waals surface area contributed by atoms with E-state index in [1.165, 1.54) is 5.56 Å². The molecule has 1 atom stereocenters. The molecule has 152 valence electrons. The minimum Gasteiger partial charge on any atom is -0.444 e. The van der Waals surface area contributed by atoms with E-state index in [-0.39, 0.29) is 11.9 Å². The number of carbonyl (C=O) groups excluding carboxylic acids is 1. The Morgan fingerprint density at radius 2 is 2.00 bits per heavy atom. The number of aryl methyl sites for hydroxylation is 3. The van der Waals surface area contributed by atoms with Crippen LogP contribution < -0.4 is 5.32 Å². The first-order valence-corrected chi connectivity index (χ1v) is 10.3. The molecular formula is C22H32N4O2. The highest BCUT2D eigenvalue weighted by Crippen LogP contribution is 2.17. The molecule has 3 rings (SSSR count). The summed E-state index contributed by atoms with van der Waals surface area (Å²) >= 11 is 0. The summed E-state index contributed by atoms with van der Waals surface area (Å²) in [5.41, 5.74) is 3.05. The standard InChI is InChI=1S/C22H32N4O2/c1-5-19-9-6-7-10-20(19)24-22(27)17(3)26-12-8-11-25(13-14-26)15-21-23-16(2)18(4)28-21/h6-7,9-10,17H,5,8,11-15H2,1-4H3,(H,24,27). The van der Waals surface area contributed by atoms with E-state index in [1.54, 1.807) is 0 Å². The number of nitrogens with one attached hydrogen (secondary N) is 1. The van der Waals surface area contributed by atoms with Gasteiger partial charge in [-0.3, -0.25) is 14.6 Å². The molecule has 0 bridgehead atoms. The van der Waals surface area contributed by atoms with E-state index in [1.807, 2.05) is 39.0 Å². The average Bonchev–Trinajstić information content (AvgIpc) is 2.86. The van der Waals surface area contributed by atoms with Crippen LogP contribution in [0.2, 0.25) is 0 Å². The van der Waals surface area contributed by atoms with E-state index in [0.29, 0.717) is 0 Å². The van der Waals surface area contributed by atoms with Crippen LogP contribution in [0.3, 0.4) is 0 Å². The van der Waals surface area contributed by atoms with E-state index >= 15 is 0 Å². The lowest BCUT2D eigenvalue weighted by Gasteiger charge is -2.27. The molecule has 1 amide bonds. The molecule has 0 aliphatic carbocycles. The normalized spacial score (nSPS) is 17.3. The number of nitrogens with zero attached hydrogens (tertiary/aromatic N) is 3. The second kappa shape index (κ2) is 9.34. The Balaban J connectivity index is 1.56. The van der Waals surface area contributed by atoms with Crippen molar-refractivity contribution in [3.05, 3.63) is 47.2 Å². The largest absolute Gasteiger partial charge is 0.444 e. The number of rotatable bonds is 6. The van der Waals surface area contributed by atoms with Crippen LogP contribution in [0.1, 0.15) is 43.2 Å². The van der Waals surface area contributed by atoms with E-state index < -0.39 is 0 Å². The van der Waals surface area contributed by atoms with Crippen molar-refractivity contribution in [1.82, 2.24) is 14.8 Å². The van der Waals surface area contributed by atoms with Gasteiger partial charge >= 0.3 is 0 Å². The number of para-hydroxylation sites is 1. The SMILES string of the molecule is CCc1ccccc1NC(=O)C(C)N1CCCN(Cc2nc(C)c(C)o2)CC1. The lowest BCUT2D eigenvalue weighted by atomic mass is 10.1. The van der Waals surface area contributed by atoms with Crippen LogP contribution in [0, 0.1) is 13.8 Å². The molecule has 1 unspecified atom stereocenters. The lowest BCUT2D eigenvalue weighted by molar-refractivity contribution is -0.120. The Morgan fingerprint density at radius 3 is 2.71 bits per heavy atom. The topological polar surface area (TPSA) is 61.6 Å². The molecule has 28 heavy (non-hydrogen) atoms. The van der Waals surface area contributed by atoms with Crippen LogP contribution >= 0.6 is 0 Å². The first kappa shape index (κ1) is 20.6. The molecule has 1 aromatic carbocycles. The van der Waals surface area contributed by atoms with Gasteiger partial charge in [-0.1, -0.05) is 25.1 Å². The smallest absolute Gasteiger partial charge is 0.241 e. The molecular weight excluding hydrogens is 352 g/mol. The van der Waals surface area contributed by atoms with Crippen molar-refractivity contribution < 1.29 is 9.21 Å². The summed E-state index contributed by atoms with van der Waals surface area (Å²) in [6.45, 7) is 12.4. The molecule has 1 N–H and O–H groups in total. The summed E-state index contributed by atoms with van der Waals surface area (Å²) in [4.78, 5) is 21.9. The van der Waals surface area contributed by atoms with Crippen molar-refractivity contribution in [3.8, 4) is 0 Å². The second-order valence-electron chi connectivity index (χ2n) is 7.59. The van der Waals surface area contributed by atoms with Gasteiger partial charge in [0.15, 0.2) is 0 Å². The Bertz CT molecular complexity index is 782. The highest BCUT2D eigenvalue weighted by atomic mass is 16.4. The van der Waals surface area contributed by atoms with Crippen molar-refractivity contribution in [2.75, 3.05) is 31.5 Å². The first-order chi connectivity index (χ1) is 13.5. The molecule has 1 fully saturated rings. The molecule has 1 aliphatic rings. The van der Waals surface area contributed by atoms with Crippen LogP contribution in [0.5, 0.6) is 0 Å². The molecule has 6 nitrogen and oxygen atoms in total. The van der Waals surface area contributed by atoms with Crippen molar-refractivity contribution in [1.29, 1.82) is 0 Å². The molecule has 2 aromatic rings. The van der Waals surface area contributed by atoms with Crippen molar-refractivity contribution in [3.63, 3.8) is 0 Å². The number of hydrogen-bond acceptors (Lipinski definition) is 5. The van der Waals surface area contributed by atoms with Gasteiger partial charge in [0.1, 0.15) is 5.76 Å². The fraction of sp³-hybridized carbons (Fsp3) is 0.545. The third-order valence-corrected chi connectivity index (χ3v) is 5.64. The Labute approximate surface area is 167 Å². The van der Waals surface area contributed by atoms with Crippen LogP contribution in [-0.4, -0.2) is 52.9 Å². The quantitative estimate of drug-likeness (QED) is 0.827.